The van der Waals surface area contributed by atoms with Gasteiger partial charge in [0.15, 0.2) is 0 Å². The summed E-state index contributed by atoms with van der Waals surface area (Å²) in [6.45, 7) is 1.81. The minimum atomic E-state index is -0.502. The lowest BCUT2D eigenvalue weighted by atomic mass is 10.1. The van der Waals surface area contributed by atoms with Crippen molar-refractivity contribution in [2.75, 3.05) is 14.2 Å². The summed E-state index contributed by atoms with van der Waals surface area (Å²) in [7, 11) is 3.12. The van der Waals surface area contributed by atoms with Crippen LogP contribution in [0.5, 0.6) is 11.5 Å². The van der Waals surface area contributed by atoms with E-state index >= 15 is 0 Å². The van der Waals surface area contributed by atoms with Crippen molar-refractivity contribution in [1.82, 2.24) is 14.7 Å². The third-order valence-electron chi connectivity index (χ3n) is 4.11. The molecule has 2 heterocycles. The maximum atomic E-state index is 12.6. The van der Waals surface area contributed by atoms with Crippen LogP contribution in [-0.2, 0) is 0 Å². The van der Waals surface area contributed by atoms with Crippen molar-refractivity contribution in [2.24, 2.45) is 0 Å². The lowest BCUT2D eigenvalue weighted by Gasteiger charge is -2.18. The van der Waals surface area contributed by atoms with Gasteiger partial charge in [-0.2, -0.15) is 0 Å². The second-order valence-electron chi connectivity index (χ2n) is 5.71. The Hall–Kier alpha value is -3.35. The van der Waals surface area contributed by atoms with Crippen molar-refractivity contribution in [3.8, 4) is 11.5 Å². The molecule has 0 bridgehead atoms. The Labute approximate surface area is 150 Å². The number of aromatic nitrogens is 2. The Morgan fingerprint density at radius 2 is 2.00 bits per heavy atom. The summed E-state index contributed by atoms with van der Waals surface area (Å²) in [5, 5.41) is 2.82. The van der Waals surface area contributed by atoms with E-state index in [0.29, 0.717) is 17.1 Å². The molecule has 0 aliphatic carbocycles. The van der Waals surface area contributed by atoms with Crippen molar-refractivity contribution >= 4 is 11.6 Å². The van der Waals surface area contributed by atoms with Crippen LogP contribution in [0.15, 0.2) is 53.6 Å². The molecule has 3 rings (SSSR count). The fraction of sp³-hybridized carbons (Fsp3) is 0.211. The van der Waals surface area contributed by atoms with Crippen LogP contribution in [0.2, 0.25) is 0 Å². The number of fused-ring (bicyclic) bond motifs is 1. The van der Waals surface area contributed by atoms with Gasteiger partial charge >= 0.3 is 0 Å². The molecule has 1 amide bonds. The molecule has 1 atom stereocenters. The van der Waals surface area contributed by atoms with E-state index in [-0.39, 0.29) is 5.56 Å². The molecule has 0 aliphatic rings. The predicted molar refractivity (Wildman–Crippen MR) is 96.9 cm³/mol. The molecule has 1 aromatic carbocycles. The maximum absolute atomic E-state index is 12.6. The number of methoxy groups -OCH3 is 2. The molecular weight excluding hydrogens is 334 g/mol. The second-order valence-corrected chi connectivity index (χ2v) is 5.71. The van der Waals surface area contributed by atoms with Gasteiger partial charge in [0.05, 0.1) is 20.3 Å². The summed E-state index contributed by atoms with van der Waals surface area (Å²) in [6.07, 6.45) is 2.87. The zero-order chi connectivity index (χ0) is 18.7. The summed E-state index contributed by atoms with van der Waals surface area (Å²) < 4.78 is 11.9. The van der Waals surface area contributed by atoms with Gasteiger partial charge in [0, 0.05) is 18.0 Å². The van der Waals surface area contributed by atoms with E-state index in [0.717, 1.165) is 5.56 Å². The minimum Gasteiger partial charge on any atom is -0.497 e. The van der Waals surface area contributed by atoms with Gasteiger partial charge in [0.2, 0.25) is 0 Å². The highest BCUT2D eigenvalue weighted by Gasteiger charge is 2.19. The van der Waals surface area contributed by atoms with Gasteiger partial charge in [-0.15, -0.1) is 0 Å². The van der Waals surface area contributed by atoms with Gasteiger partial charge < -0.3 is 14.8 Å². The number of pyridine rings is 1. The molecule has 0 aliphatic heterocycles. The van der Waals surface area contributed by atoms with Gasteiger partial charge in [0.1, 0.15) is 22.7 Å². The Morgan fingerprint density at radius 3 is 2.73 bits per heavy atom. The number of hydrogen-bond donors (Lipinski definition) is 1. The number of ether oxygens (including phenoxy) is 2. The lowest BCUT2D eigenvalue weighted by molar-refractivity contribution is 0.0937. The van der Waals surface area contributed by atoms with E-state index in [4.69, 9.17) is 9.47 Å². The standard InChI is InChI=1S/C19H19N3O4/c1-12(14-10-13(25-2)7-8-16(14)26-3)21-18(23)15-11-20-17-6-4-5-9-22(17)19(15)24/h4-12H,1-3H3,(H,21,23)/t12-/m0/s1. The molecule has 26 heavy (non-hydrogen) atoms. The number of carbonyl (C=O) groups excluding carboxylic acids is 1. The van der Waals surface area contributed by atoms with Crippen molar-refractivity contribution in [3.63, 3.8) is 0 Å². The summed E-state index contributed by atoms with van der Waals surface area (Å²) in [5.41, 5.74) is 0.783. The SMILES string of the molecule is COc1ccc(OC)c([C@H](C)NC(=O)c2cnc3ccccn3c2=O)c1. The number of nitrogens with one attached hydrogen (secondary N) is 1. The van der Waals surface area contributed by atoms with Crippen molar-refractivity contribution in [2.45, 2.75) is 13.0 Å². The first kappa shape index (κ1) is 17.5. The van der Waals surface area contributed by atoms with Crippen LogP contribution in [0.4, 0.5) is 0 Å². The predicted octanol–water partition coefficient (Wildman–Crippen LogP) is 2.20. The first-order valence-corrected chi connectivity index (χ1v) is 8.04. The number of hydrogen-bond acceptors (Lipinski definition) is 5. The van der Waals surface area contributed by atoms with Crippen LogP contribution >= 0.6 is 0 Å². The molecule has 0 unspecified atom stereocenters. The number of carbonyl (C=O) groups is 1. The highest BCUT2D eigenvalue weighted by Crippen LogP contribution is 2.29. The van der Waals surface area contributed by atoms with Crippen LogP contribution in [0, 0.1) is 0 Å². The number of amides is 1. The Morgan fingerprint density at radius 1 is 1.19 bits per heavy atom. The molecule has 1 N–H and O–H groups in total. The average Bonchev–Trinajstić information content (AvgIpc) is 2.67. The molecule has 2 aromatic heterocycles. The van der Waals surface area contributed by atoms with Gasteiger partial charge in [-0.25, -0.2) is 4.98 Å². The number of benzene rings is 1. The first-order chi connectivity index (χ1) is 12.5. The molecule has 3 aromatic rings. The third-order valence-corrected chi connectivity index (χ3v) is 4.11. The van der Waals surface area contributed by atoms with Crippen LogP contribution in [0.1, 0.15) is 28.9 Å². The molecule has 7 heteroatoms. The minimum absolute atomic E-state index is 0.0255. The molecule has 134 valence electrons. The summed E-state index contributed by atoms with van der Waals surface area (Å²) >= 11 is 0. The first-order valence-electron chi connectivity index (χ1n) is 8.04. The van der Waals surface area contributed by atoms with E-state index < -0.39 is 17.5 Å². The van der Waals surface area contributed by atoms with Crippen molar-refractivity contribution < 1.29 is 14.3 Å². The molecule has 0 fully saturated rings. The quantitative estimate of drug-likeness (QED) is 0.760. The van der Waals surface area contributed by atoms with Gasteiger partial charge in [-0.3, -0.25) is 14.0 Å². The highest BCUT2D eigenvalue weighted by molar-refractivity contribution is 5.94. The van der Waals surface area contributed by atoms with Crippen LogP contribution < -0.4 is 20.3 Å². The molecule has 0 saturated carbocycles. The van der Waals surface area contributed by atoms with E-state index in [1.54, 1.807) is 63.7 Å². The summed E-state index contributed by atoms with van der Waals surface area (Å²) in [5.74, 6) is 0.763. The van der Waals surface area contributed by atoms with E-state index in [1.807, 2.05) is 0 Å². The van der Waals surface area contributed by atoms with Crippen LogP contribution in [0.3, 0.4) is 0 Å². The van der Waals surface area contributed by atoms with Crippen molar-refractivity contribution in [3.05, 3.63) is 70.3 Å². The van der Waals surface area contributed by atoms with Gasteiger partial charge in [0.25, 0.3) is 11.5 Å². The second kappa shape index (κ2) is 7.26. The Balaban J connectivity index is 1.91. The number of rotatable bonds is 5. The molecule has 7 nitrogen and oxygen atoms in total. The third kappa shape index (κ3) is 3.23. The topological polar surface area (TPSA) is 81.9 Å². The smallest absolute Gasteiger partial charge is 0.270 e. The fourth-order valence-electron chi connectivity index (χ4n) is 2.71. The van der Waals surface area contributed by atoms with E-state index in [9.17, 15) is 9.59 Å². The van der Waals surface area contributed by atoms with E-state index in [2.05, 4.69) is 10.3 Å². The Bertz CT molecular complexity index is 1010. The molecule has 0 spiro atoms. The molecular formula is C19H19N3O4. The maximum Gasteiger partial charge on any atom is 0.270 e. The zero-order valence-electron chi connectivity index (χ0n) is 14.7. The van der Waals surface area contributed by atoms with Crippen molar-refractivity contribution in [1.29, 1.82) is 0 Å². The Kier molecular flexibility index (Phi) is 4.88. The average molecular weight is 353 g/mol. The largest absolute Gasteiger partial charge is 0.497 e. The van der Waals surface area contributed by atoms with E-state index in [1.165, 1.54) is 10.6 Å². The number of nitrogens with zero attached hydrogens (tertiary/aromatic N) is 2. The molecule has 0 radical (unpaired) electrons. The summed E-state index contributed by atoms with van der Waals surface area (Å²) in [4.78, 5) is 29.3. The van der Waals surface area contributed by atoms with Gasteiger partial charge in [-0.1, -0.05) is 6.07 Å². The van der Waals surface area contributed by atoms with Crippen LogP contribution in [0.25, 0.3) is 5.65 Å². The zero-order valence-corrected chi connectivity index (χ0v) is 14.7. The normalized spacial score (nSPS) is 11.8. The summed E-state index contributed by atoms with van der Waals surface area (Å²) in [6, 6.07) is 10.1. The monoisotopic (exact) mass is 353 g/mol. The molecule has 0 saturated heterocycles. The highest BCUT2D eigenvalue weighted by atomic mass is 16.5. The van der Waals surface area contributed by atoms with Gasteiger partial charge in [-0.05, 0) is 37.3 Å². The fourth-order valence-corrected chi connectivity index (χ4v) is 2.71. The lowest BCUT2D eigenvalue weighted by Crippen LogP contribution is -2.33. The van der Waals surface area contributed by atoms with Crippen LogP contribution in [-0.4, -0.2) is 29.5 Å².